The number of hydrogen-bond acceptors (Lipinski definition) is 6. The van der Waals surface area contributed by atoms with Gasteiger partial charge in [0.1, 0.15) is 5.56 Å². The standard InChI is InChI=1S/C18H12ClN3O5/c19-14-7-6-10(8-12(14)17(25)26)20-9-13-15(23)21-18(27)22(16(13)24)11-4-2-1-3-5-11/h1-9,24H,(H,25,26)(H,21,23,27)/p-1. The summed E-state index contributed by atoms with van der Waals surface area (Å²) in [5.74, 6) is -2.08. The molecule has 0 aliphatic rings. The number of aromatic amines is 1. The van der Waals surface area contributed by atoms with Crippen molar-refractivity contribution in [1.29, 1.82) is 0 Å². The van der Waals surface area contributed by atoms with Gasteiger partial charge in [-0.2, -0.15) is 0 Å². The Bertz CT molecular complexity index is 1170. The second-order valence-electron chi connectivity index (χ2n) is 5.38. The zero-order chi connectivity index (χ0) is 19.6. The van der Waals surface area contributed by atoms with Gasteiger partial charge < -0.3 is 15.0 Å². The first-order valence-corrected chi connectivity index (χ1v) is 7.95. The molecule has 2 aromatic carbocycles. The highest BCUT2D eigenvalue weighted by molar-refractivity contribution is 6.33. The summed E-state index contributed by atoms with van der Waals surface area (Å²) >= 11 is 5.76. The lowest BCUT2D eigenvalue weighted by Gasteiger charge is -2.09. The third kappa shape index (κ3) is 3.65. The summed E-state index contributed by atoms with van der Waals surface area (Å²) in [7, 11) is 0. The molecule has 0 fully saturated rings. The lowest BCUT2D eigenvalue weighted by atomic mass is 10.2. The van der Waals surface area contributed by atoms with Gasteiger partial charge in [0.05, 0.1) is 17.3 Å². The van der Waals surface area contributed by atoms with Gasteiger partial charge in [0.25, 0.3) is 5.56 Å². The number of hydrogen-bond donors (Lipinski definition) is 2. The van der Waals surface area contributed by atoms with E-state index in [9.17, 15) is 24.6 Å². The van der Waals surface area contributed by atoms with Gasteiger partial charge in [-0.25, -0.2) is 9.36 Å². The van der Waals surface area contributed by atoms with Crippen molar-refractivity contribution in [2.75, 3.05) is 0 Å². The number of carboxylic acids is 1. The van der Waals surface area contributed by atoms with Crippen LogP contribution in [-0.2, 0) is 0 Å². The van der Waals surface area contributed by atoms with Gasteiger partial charge >= 0.3 is 5.69 Å². The molecule has 136 valence electrons. The van der Waals surface area contributed by atoms with Crippen molar-refractivity contribution >= 4 is 29.5 Å². The summed E-state index contributed by atoms with van der Waals surface area (Å²) in [5, 5.41) is 21.4. The van der Waals surface area contributed by atoms with E-state index in [1.165, 1.54) is 12.1 Å². The number of aromatic carboxylic acids is 1. The fraction of sp³-hybridized carbons (Fsp3) is 0. The molecule has 0 aliphatic carbocycles. The summed E-state index contributed by atoms with van der Waals surface area (Å²) < 4.78 is 0.914. The Morgan fingerprint density at radius 3 is 2.56 bits per heavy atom. The smallest absolute Gasteiger partial charge is 0.335 e. The van der Waals surface area contributed by atoms with E-state index in [1.807, 2.05) is 0 Å². The molecule has 3 rings (SSSR count). The molecule has 3 aromatic rings. The SMILES string of the molecule is O=C([O-])c1cc(N=Cc2c(O)n(-c3ccccc3)c(=O)[nH]c2=O)ccc1Cl. The molecule has 0 atom stereocenters. The number of carbonyl (C=O) groups is 1. The molecule has 0 bridgehead atoms. The zero-order valence-corrected chi connectivity index (χ0v) is 14.3. The van der Waals surface area contributed by atoms with Crippen LogP contribution in [0.1, 0.15) is 15.9 Å². The number of carbonyl (C=O) groups excluding carboxylic acids is 1. The van der Waals surface area contributed by atoms with Gasteiger partial charge in [-0.15, -0.1) is 0 Å². The van der Waals surface area contributed by atoms with E-state index >= 15 is 0 Å². The Kier molecular flexibility index (Phi) is 4.91. The molecular formula is C18H11ClN3O5-. The molecule has 0 spiro atoms. The molecule has 8 nitrogen and oxygen atoms in total. The molecule has 0 saturated carbocycles. The zero-order valence-electron chi connectivity index (χ0n) is 13.5. The van der Waals surface area contributed by atoms with Crippen LogP contribution in [0.4, 0.5) is 5.69 Å². The summed E-state index contributed by atoms with van der Waals surface area (Å²) in [4.78, 5) is 41.2. The van der Waals surface area contributed by atoms with Gasteiger partial charge in [0.15, 0.2) is 0 Å². The first kappa shape index (κ1) is 18.2. The molecule has 0 aliphatic heterocycles. The van der Waals surface area contributed by atoms with E-state index in [0.717, 1.165) is 16.8 Å². The normalized spacial score (nSPS) is 11.0. The molecule has 9 heteroatoms. The van der Waals surface area contributed by atoms with Crippen molar-refractivity contribution in [2.24, 2.45) is 4.99 Å². The number of para-hydroxylation sites is 1. The molecule has 0 radical (unpaired) electrons. The quantitative estimate of drug-likeness (QED) is 0.648. The van der Waals surface area contributed by atoms with Crippen molar-refractivity contribution in [3.63, 3.8) is 0 Å². The summed E-state index contributed by atoms with van der Waals surface area (Å²) in [6, 6.07) is 12.1. The highest BCUT2D eigenvalue weighted by atomic mass is 35.5. The van der Waals surface area contributed by atoms with Gasteiger partial charge in [-0.3, -0.25) is 14.8 Å². The van der Waals surface area contributed by atoms with E-state index in [4.69, 9.17) is 11.6 Å². The topological polar surface area (TPSA) is 128 Å². The number of aliphatic imine (C=N–C) groups is 1. The van der Waals surface area contributed by atoms with Crippen LogP contribution in [0.3, 0.4) is 0 Å². The second kappa shape index (κ2) is 7.30. The highest BCUT2D eigenvalue weighted by Gasteiger charge is 2.14. The third-order valence-electron chi connectivity index (χ3n) is 3.65. The number of benzene rings is 2. The first-order valence-electron chi connectivity index (χ1n) is 7.57. The summed E-state index contributed by atoms with van der Waals surface area (Å²) in [5.41, 5.74) is -1.69. The van der Waals surface area contributed by atoms with Crippen LogP contribution < -0.4 is 16.4 Å². The number of carboxylic acid groups (broad SMARTS) is 1. The number of H-pyrrole nitrogens is 1. The van der Waals surface area contributed by atoms with Crippen LogP contribution >= 0.6 is 11.6 Å². The van der Waals surface area contributed by atoms with Gasteiger partial charge in [-0.1, -0.05) is 29.8 Å². The van der Waals surface area contributed by atoms with E-state index in [0.29, 0.717) is 5.69 Å². The van der Waals surface area contributed by atoms with Gasteiger partial charge in [0, 0.05) is 16.8 Å². The van der Waals surface area contributed by atoms with Gasteiger partial charge in [0.2, 0.25) is 5.88 Å². The maximum atomic E-state index is 12.1. The molecule has 2 N–H and O–H groups in total. The van der Waals surface area contributed by atoms with Gasteiger partial charge in [-0.05, 0) is 30.3 Å². The largest absolute Gasteiger partial charge is 0.545 e. The number of rotatable bonds is 4. The summed E-state index contributed by atoms with van der Waals surface area (Å²) in [6.45, 7) is 0. The minimum absolute atomic E-state index is 0.0210. The molecule has 0 amide bonds. The Morgan fingerprint density at radius 2 is 1.89 bits per heavy atom. The van der Waals surface area contributed by atoms with Crippen LogP contribution in [0.5, 0.6) is 5.88 Å². The Morgan fingerprint density at radius 1 is 1.19 bits per heavy atom. The molecule has 27 heavy (non-hydrogen) atoms. The fourth-order valence-corrected chi connectivity index (χ4v) is 2.56. The highest BCUT2D eigenvalue weighted by Crippen LogP contribution is 2.22. The van der Waals surface area contributed by atoms with Crippen LogP contribution in [0.2, 0.25) is 5.02 Å². The molecule has 0 unspecified atom stereocenters. The fourth-order valence-electron chi connectivity index (χ4n) is 2.36. The van der Waals surface area contributed by atoms with Crippen molar-refractivity contribution < 1.29 is 15.0 Å². The van der Waals surface area contributed by atoms with E-state index in [1.54, 1.807) is 30.3 Å². The average molecular weight is 385 g/mol. The van der Waals surface area contributed by atoms with Crippen molar-refractivity contribution in [3.8, 4) is 11.6 Å². The van der Waals surface area contributed by atoms with Crippen LogP contribution in [0.15, 0.2) is 63.1 Å². The lowest BCUT2D eigenvalue weighted by Crippen LogP contribution is -2.31. The number of nitrogens with zero attached hydrogens (tertiary/aromatic N) is 2. The van der Waals surface area contributed by atoms with Crippen LogP contribution in [-0.4, -0.2) is 26.8 Å². The second-order valence-corrected chi connectivity index (χ2v) is 5.78. The molecule has 0 saturated heterocycles. The minimum atomic E-state index is -1.48. The Hall–Kier alpha value is -3.65. The van der Waals surface area contributed by atoms with E-state index in [2.05, 4.69) is 9.98 Å². The number of nitrogens with one attached hydrogen (secondary N) is 1. The number of aromatic hydroxyl groups is 1. The van der Waals surface area contributed by atoms with Crippen molar-refractivity contribution in [2.45, 2.75) is 0 Å². The van der Waals surface area contributed by atoms with E-state index in [-0.39, 0.29) is 21.8 Å². The molecular weight excluding hydrogens is 374 g/mol. The Balaban J connectivity index is 2.10. The average Bonchev–Trinajstić information content (AvgIpc) is 2.63. The Labute approximate surface area is 156 Å². The monoisotopic (exact) mass is 384 g/mol. The predicted octanol–water partition coefficient (Wildman–Crippen LogP) is 0.999. The summed E-state index contributed by atoms with van der Waals surface area (Å²) in [6.07, 6.45) is 1.02. The third-order valence-corrected chi connectivity index (χ3v) is 3.98. The minimum Gasteiger partial charge on any atom is -0.545 e. The maximum Gasteiger partial charge on any atom is 0.335 e. The van der Waals surface area contributed by atoms with E-state index < -0.39 is 23.1 Å². The molecule has 1 heterocycles. The number of halogens is 1. The predicted molar refractivity (Wildman–Crippen MR) is 97.4 cm³/mol. The van der Waals surface area contributed by atoms with Crippen LogP contribution in [0, 0.1) is 0 Å². The first-order chi connectivity index (χ1) is 12.9. The number of aromatic nitrogens is 2. The molecule has 1 aromatic heterocycles. The van der Waals surface area contributed by atoms with Crippen molar-refractivity contribution in [3.05, 3.63) is 85.5 Å². The van der Waals surface area contributed by atoms with Crippen molar-refractivity contribution in [1.82, 2.24) is 9.55 Å². The van der Waals surface area contributed by atoms with Crippen LogP contribution in [0.25, 0.3) is 5.69 Å². The lowest BCUT2D eigenvalue weighted by molar-refractivity contribution is -0.255. The maximum absolute atomic E-state index is 12.1.